The molecule has 1 aliphatic heterocycles. The molecule has 0 saturated carbocycles. The van der Waals surface area contributed by atoms with Crippen LogP contribution in [0.5, 0.6) is 0 Å². The first-order valence-corrected chi connectivity index (χ1v) is 8.21. The summed E-state index contributed by atoms with van der Waals surface area (Å²) in [5, 5.41) is 0. The highest BCUT2D eigenvalue weighted by atomic mass is 79.9. The molecule has 3 heteroatoms. The number of carbonyl (C=O) groups is 1. The van der Waals surface area contributed by atoms with Gasteiger partial charge in [-0.05, 0) is 42.3 Å². The zero-order valence-electron chi connectivity index (χ0n) is 9.25. The highest BCUT2D eigenvalue weighted by Gasteiger charge is 2.25. The Bertz CT molecular complexity index is 355. The quantitative estimate of drug-likeness (QED) is 0.617. The first-order valence-electron chi connectivity index (χ1n) is 5.68. The number of hydrogen-bond donors (Lipinski definition) is 0. The molecule has 1 saturated heterocycles. The molecule has 0 N–H and O–H groups in total. The standard InChI is InChI=1S/C13H16BrOS/c14-12-6-4-11(5-7-12)13(15)10-16-8-2-1-3-9-16/h4-7H,1-3,8-10H2/q+1. The van der Waals surface area contributed by atoms with Crippen LogP contribution in [0, 0.1) is 0 Å². The van der Waals surface area contributed by atoms with E-state index in [1.807, 2.05) is 24.3 Å². The molecule has 1 heterocycles. The van der Waals surface area contributed by atoms with Gasteiger partial charge in [0, 0.05) is 10.0 Å². The van der Waals surface area contributed by atoms with Gasteiger partial charge in [0.2, 0.25) is 5.78 Å². The summed E-state index contributed by atoms with van der Waals surface area (Å²) in [6.45, 7) is 0. The molecule has 0 bridgehead atoms. The first kappa shape index (κ1) is 12.2. The fraction of sp³-hybridized carbons (Fsp3) is 0.462. The number of hydrogen-bond acceptors (Lipinski definition) is 1. The van der Waals surface area contributed by atoms with Gasteiger partial charge in [-0.2, -0.15) is 0 Å². The molecule has 1 aromatic carbocycles. The summed E-state index contributed by atoms with van der Waals surface area (Å²) >= 11 is 3.38. The summed E-state index contributed by atoms with van der Waals surface area (Å²) < 4.78 is 1.03. The lowest BCUT2D eigenvalue weighted by atomic mass is 10.2. The maximum Gasteiger partial charge on any atom is 0.211 e. The van der Waals surface area contributed by atoms with E-state index in [4.69, 9.17) is 0 Å². The predicted octanol–water partition coefficient (Wildman–Crippen LogP) is 3.43. The van der Waals surface area contributed by atoms with Gasteiger partial charge in [-0.15, -0.1) is 0 Å². The summed E-state index contributed by atoms with van der Waals surface area (Å²) in [5.74, 6) is 3.62. The SMILES string of the molecule is O=C(C[S+]1CCCCC1)c1ccc(Br)cc1. The lowest BCUT2D eigenvalue weighted by molar-refractivity contribution is 0.102. The Morgan fingerprint density at radius 3 is 2.38 bits per heavy atom. The number of carbonyl (C=O) groups excluding carboxylic acids is 1. The maximum absolute atomic E-state index is 12.0. The lowest BCUT2D eigenvalue weighted by Crippen LogP contribution is -2.25. The van der Waals surface area contributed by atoms with E-state index in [9.17, 15) is 4.79 Å². The molecule has 0 amide bonds. The van der Waals surface area contributed by atoms with Gasteiger partial charge in [0.15, 0.2) is 5.75 Å². The van der Waals surface area contributed by atoms with Gasteiger partial charge < -0.3 is 0 Å². The van der Waals surface area contributed by atoms with Crippen molar-refractivity contribution in [2.45, 2.75) is 19.3 Å². The summed E-state index contributed by atoms with van der Waals surface area (Å²) in [7, 11) is 0.358. The predicted molar refractivity (Wildman–Crippen MR) is 74.3 cm³/mol. The molecule has 1 fully saturated rings. The Labute approximate surface area is 108 Å². The minimum absolute atomic E-state index is 0.317. The normalized spacial score (nSPS) is 17.3. The van der Waals surface area contributed by atoms with E-state index in [0.29, 0.717) is 16.7 Å². The Morgan fingerprint density at radius 1 is 1.12 bits per heavy atom. The third-order valence-corrected chi connectivity index (χ3v) is 5.80. The van der Waals surface area contributed by atoms with E-state index < -0.39 is 0 Å². The molecular formula is C13H16BrOS+. The van der Waals surface area contributed by atoms with Crippen LogP contribution in [0.2, 0.25) is 0 Å². The largest absolute Gasteiger partial charge is 0.289 e. The van der Waals surface area contributed by atoms with Crippen LogP contribution in [0.25, 0.3) is 0 Å². The molecule has 86 valence electrons. The first-order chi connectivity index (χ1) is 7.75. The van der Waals surface area contributed by atoms with Crippen LogP contribution in [0.1, 0.15) is 29.6 Å². The Hall–Kier alpha value is -0.280. The van der Waals surface area contributed by atoms with Crippen LogP contribution >= 0.6 is 15.9 Å². The smallest absolute Gasteiger partial charge is 0.211 e. The second-order valence-electron chi connectivity index (χ2n) is 4.16. The van der Waals surface area contributed by atoms with E-state index in [1.165, 1.54) is 30.8 Å². The molecule has 1 nitrogen and oxygen atoms in total. The van der Waals surface area contributed by atoms with Crippen LogP contribution in [0.15, 0.2) is 28.7 Å². The number of ketones is 1. The van der Waals surface area contributed by atoms with Crippen LogP contribution in [-0.4, -0.2) is 23.0 Å². The third-order valence-electron chi connectivity index (χ3n) is 2.87. The molecule has 0 atom stereocenters. The van der Waals surface area contributed by atoms with E-state index in [2.05, 4.69) is 15.9 Å². The molecule has 0 aliphatic carbocycles. The van der Waals surface area contributed by atoms with Crippen LogP contribution in [-0.2, 0) is 10.9 Å². The molecule has 0 unspecified atom stereocenters. The molecular weight excluding hydrogens is 284 g/mol. The molecule has 0 radical (unpaired) electrons. The number of Topliss-reactive ketones (excluding diaryl/α,β-unsaturated/α-hetero) is 1. The highest BCUT2D eigenvalue weighted by Crippen LogP contribution is 2.16. The van der Waals surface area contributed by atoms with E-state index in [-0.39, 0.29) is 0 Å². The van der Waals surface area contributed by atoms with Crippen molar-refractivity contribution < 1.29 is 4.79 Å². The molecule has 0 aromatic heterocycles. The van der Waals surface area contributed by atoms with Crippen molar-refractivity contribution in [1.82, 2.24) is 0 Å². The van der Waals surface area contributed by atoms with Gasteiger partial charge in [-0.3, -0.25) is 4.79 Å². The van der Waals surface area contributed by atoms with Gasteiger partial charge in [0.05, 0.1) is 0 Å². The van der Waals surface area contributed by atoms with Gasteiger partial charge >= 0.3 is 0 Å². The van der Waals surface area contributed by atoms with Crippen molar-refractivity contribution in [2.24, 2.45) is 0 Å². The molecule has 1 aromatic rings. The van der Waals surface area contributed by atoms with Crippen molar-refractivity contribution in [3.63, 3.8) is 0 Å². The number of rotatable bonds is 3. The topological polar surface area (TPSA) is 17.1 Å². The van der Waals surface area contributed by atoms with E-state index >= 15 is 0 Å². The van der Waals surface area contributed by atoms with E-state index in [0.717, 1.165) is 15.8 Å². The lowest BCUT2D eigenvalue weighted by Gasteiger charge is -2.12. The molecule has 2 rings (SSSR count). The van der Waals surface area contributed by atoms with Gasteiger partial charge in [0.1, 0.15) is 11.5 Å². The monoisotopic (exact) mass is 299 g/mol. The summed E-state index contributed by atoms with van der Waals surface area (Å²) in [6.07, 6.45) is 3.99. The Balaban J connectivity index is 1.94. The number of benzene rings is 1. The zero-order valence-corrected chi connectivity index (χ0v) is 11.6. The molecule has 16 heavy (non-hydrogen) atoms. The van der Waals surface area contributed by atoms with Crippen molar-refractivity contribution >= 4 is 32.6 Å². The second kappa shape index (κ2) is 5.87. The van der Waals surface area contributed by atoms with Crippen molar-refractivity contribution in [2.75, 3.05) is 17.3 Å². The Kier molecular flexibility index (Phi) is 4.47. The van der Waals surface area contributed by atoms with Crippen molar-refractivity contribution in [1.29, 1.82) is 0 Å². The second-order valence-corrected chi connectivity index (χ2v) is 7.40. The van der Waals surface area contributed by atoms with Gasteiger partial charge in [-0.25, -0.2) is 0 Å². The summed E-state index contributed by atoms with van der Waals surface area (Å²) in [6, 6.07) is 7.72. The third kappa shape index (κ3) is 3.36. The van der Waals surface area contributed by atoms with Gasteiger partial charge in [0.25, 0.3) is 0 Å². The minimum Gasteiger partial charge on any atom is -0.289 e. The highest BCUT2D eigenvalue weighted by molar-refractivity contribution is 9.10. The van der Waals surface area contributed by atoms with Crippen molar-refractivity contribution in [3.8, 4) is 0 Å². The summed E-state index contributed by atoms with van der Waals surface area (Å²) in [5.41, 5.74) is 0.862. The zero-order chi connectivity index (χ0) is 11.4. The maximum atomic E-state index is 12.0. The van der Waals surface area contributed by atoms with Crippen LogP contribution in [0.4, 0.5) is 0 Å². The van der Waals surface area contributed by atoms with Crippen LogP contribution in [0.3, 0.4) is 0 Å². The number of halogens is 1. The molecule has 1 aliphatic rings. The fourth-order valence-electron chi connectivity index (χ4n) is 1.94. The van der Waals surface area contributed by atoms with Gasteiger partial charge in [-0.1, -0.05) is 28.1 Å². The van der Waals surface area contributed by atoms with E-state index in [1.54, 1.807) is 0 Å². The molecule has 0 spiro atoms. The summed E-state index contributed by atoms with van der Waals surface area (Å²) in [4.78, 5) is 12.0. The average molecular weight is 300 g/mol. The van der Waals surface area contributed by atoms with Crippen molar-refractivity contribution in [3.05, 3.63) is 34.3 Å². The minimum atomic E-state index is 0.317. The fourth-order valence-corrected chi connectivity index (χ4v) is 4.46. The van der Waals surface area contributed by atoms with Crippen LogP contribution < -0.4 is 0 Å². The Morgan fingerprint density at radius 2 is 1.75 bits per heavy atom. The average Bonchev–Trinajstić information content (AvgIpc) is 2.31.